The maximum atomic E-state index is 3.69. The minimum absolute atomic E-state index is 0.314. The van der Waals surface area contributed by atoms with Crippen LogP contribution in [0.4, 0.5) is 0 Å². The van der Waals surface area contributed by atoms with Crippen molar-refractivity contribution in [2.45, 2.75) is 5.41 Å². The van der Waals surface area contributed by atoms with Gasteiger partial charge in [-0.3, -0.25) is 0 Å². The molecule has 2 heteroatoms. The SMILES string of the molecule is Brc1ccc2sc3ccc(-c4cccc5c6c(ccc45)C4(c5ccccc5-c5ccccc54)c4ccccc4-6)cc3c2c1. The zero-order valence-corrected chi connectivity index (χ0v) is 25.5. The Hall–Kier alpha value is -4.50. The van der Waals surface area contributed by atoms with Gasteiger partial charge in [-0.15, -0.1) is 11.3 Å². The highest BCUT2D eigenvalue weighted by molar-refractivity contribution is 9.10. The molecule has 1 aromatic heterocycles. The maximum Gasteiger partial charge on any atom is 0.0725 e. The molecule has 8 aromatic rings. The van der Waals surface area contributed by atoms with Crippen molar-refractivity contribution in [2.75, 3.05) is 0 Å². The first kappa shape index (κ1) is 24.0. The van der Waals surface area contributed by atoms with E-state index in [2.05, 4.69) is 155 Å². The van der Waals surface area contributed by atoms with Gasteiger partial charge < -0.3 is 0 Å². The lowest BCUT2D eigenvalue weighted by Gasteiger charge is -2.30. The molecule has 200 valence electrons. The molecule has 0 unspecified atom stereocenters. The van der Waals surface area contributed by atoms with Crippen LogP contribution in [0.15, 0.2) is 144 Å². The summed E-state index contributed by atoms with van der Waals surface area (Å²) in [6.07, 6.45) is 0. The third kappa shape index (κ3) is 3.00. The van der Waals surface area contributed by atoms with E-state index in [4.69, 9.17) is 0 Å². The molecule has 0 saturated heterocycles. The van der Waals surface area contributed by atoms with Crippen molar-refractivity contribution in [3.05, 3.63) is 166 Å². The van der Waals surface area contributed by atoms with E-state index in [-0.39, 0.29) is 5.41 Å². The smallest absolute Gasteiger partial charge is 0.0725 e. The van der Waals surface area contributed by atoms with Crippen molar-refractivity contribution in [1.29, 1.82) is 0 Å². The second-order valence-corrected chi connectivity index (χ2v) is 13.7. The van der Waals surface area contributed by atoms with Gasteiger partial charge in [-0.1, -0.05) is 125 Å². The first-order chi connectivity index (χ1) is 21.2. The average molecular weight is 628 g/mol. The van der Waals surface area contributed by atoms with E-state index in [0.717, 1.165) is 4.47 Å². The molecule has 0 aliphatic heterocycles. The number of thiophene rings is 1. The van der Waals surface area contributed by atoms with E-state index in [1.165, 1.54) is 86.6 Å². The van der Waals surface area contributed by atoms with Gasteiger partial charge in [0.25, 0.3) is 0 Å². The van der Waals surface area contributed by atoms with Crippen molar-refractivity contribution in [3.63, 3.8) is 0 Å². The molecule has 0 fully saturated rings. The van der Waals surface area contributed by atoms with Crippen LogP contribution in [0, 0.1) is 0 Å². The van der Waals surface area contributed by atoms with Crippen LogP contribution in [0.3, 0.4) is 0 Å². The van der Waals surface area contributed by atoms with Gasteiger partial charge in [-0.05, 0) is 96.7 Å². The van der Waals surface area contributed by atoms with Crippen LogP contribution in [-0.2, 0) is 5.41 Å². The summed E-state index contributed by atoms with van der Waals surface area (Å²) in [5.74, 6) is 0. The molecular formula is C41H23BrS. The third-order valence-corrected chi connectivity index (χ3v) is 11.4. The van der Waals surface area contributed by atoms with Gasteiger partial charge in [-0.25, -0.2) is 0 Å². The Morgan fingerprint density at radius 1 is 0.419 bits per heavy atom. The lowest BCUT2D eigenvalue weighted by atomic mass is 9.70. The van der Waals surface area contributed by atoms with Crippen LogP contribution in [0.2, 0.25) is 0 Å². The summed E-state index contributed by atoms with van der Waals surface area (Å²) in [5, 5.41) is 5.25. The Morgan fingerprint density at radius 2 is 1.02 bits per heavy atom. The van der Waals surface area contributed by atoms with Crippen molar-refractivity contribution in [2.24, 2.45) is 0 Å². The Morgan fingerprint density at radius 3 is 1.77 bits per heavy atom. The molecule has 0 atom stereocenters. The number of fused-ring (bicyclic) bond motifs is 15. The van der Waals surface area contributed by atoms with Crippen LogP contribution in [0.1, 0.15) is 22.3 Å². The summed E-state index contributed by atoms with van der Waals surface area (Å²) in [6, 6.07) is 52.4. The van der Waals surface area contributed by atoms with E-state index >= 15 is 0 Å². The molecule has 0 saturated carbocycles. The van der Waals surface area contributed by atoms with Gasteiger partial charge in [0.05, 0.1) is 5.41 Å². The monoisotopic (exact) mass is 626 g/mol. The van der Waals surface area contributed by atoms with E-state index in [0.29, 0.717) is 0 Å². The van der Waals surface area contributed by atoms with Gasteiger partial charge >= 0.3 is 0 Å². The molecule has 0 N–H and O–H groups in total. The third-order valence-electron chi connectivity index (χ3n) is 9.76. The molecule has 43 heavy (non-hydrogen) atoms. The zero-order valence-electron chi connectivity index (χ0n) is 23.1. The van der Waals surface area contributed by atoms with Gasteiger partial charge in [0.1, 0.15) is 0 Å². The fourth-order valence-electron chi connectivity index (χ4n) is 8.12. The van der Waals surface area contributed by atoms with Gasteiger partial charge in [0.2, 0.25) is 0 Å². The molecule has 0 amide bonds. The minimum Gasteiger partial charge on any atom is -0.135 e. The van der Waals surface area contributed by atoms with Crippen LogP contribution in [0.25, 0.3) is 64.3 Å². The lowest BCUT2D eigenvalue weighted by Crippen LogP contribution is -2.25. The quantitative estimate of drug-likeness (QED) is 0.170. The predicted molar refractivity (Wildman–Crippen MR) is 186 cm³/mol. The summed E-state index contributed by atoms with van der Waals surface area (Å²) < 4.78 is 3.77. The number of hydrogen-bond acceptors (Lipinski definition) is 1. The zero-order chi connectivity index (χ0) is 28.3. The summed E-state index contributed by atoms with van der Waals surface area (Å²) in [4.78, 5) is 0. The van der Waals surface area contributed by atoms with Crippen LogP contribution < -0.4 is 0 Å². The van der Waals surface area contributed by atoms with Crippen LogP contribution in [-0.4, -0.2) is 0 Å². The molecule has 2 aliphatic carbocycles. The van der Waals surface area contributed by atoms with E-state index in [1.54, 1.807) is 0 Å². The van der Waals surface area contributed by atoms with Crippen molar-refractivity contribution < 1.29 is 0 Å². The summed E-state index contributed by atoms with van der Waals surface area (Å²) >= 11 is 5.56. The maximum absolute atomic E-state index is 3.69. The first-order valence-electron chi connectivity index (χ1n) is 14.7. The normalized spacial score (nSPS) is 13.9. The molecule has 7 aromatic carbocycles. The largest absolute Gasteiger partial charge is 0.135 e. The Balaban J connectivity index is 1.28. The highest BCUT2D eigenvalue weighted by atomic mass is 79.9. The topological polar surface area (TPSA) is 0 Å². The standard InChI is InChI=1S/C41H23BrS/c42-25-17-21-39-33(23-25)32-22-24(16-20-38(32)43-39)26-11-7-12-30-27(26)18-19-37-40(30)31-10-3-6-15-36(31)41(37)34-13-4-1-8-28(34)29-9-2-5-14-35(29)41/h1-23H. The number of hydrogen-bond donors (Lipinski definition) is 0. The van der Waals surface area contributed by atoms with Crippen molar-refractivity contribution >= 4 is 58.2 Å². The Bertz CT molecular complexity index is 2430. The predicted octanol–water partition coefficient (Wildman–Crippen LogP) is 12.0. The number of halogens is 1. The van der Waals surface area contributed by atoms with Gasteiger partial charge in [-0.2, -0.15) is 0 Å². The molecular weight excluding hydrogens is 604 g/mol. The van der Waals surface area contributed by atoms with Crippen LogP contribution >= 0.6 is 27.3 Å². The molecule has 1 spiro atoms. The second kappa shape index (κ2) is 8.54. The van der Waals surface area contributed by atoms with E-state index in [9.17, 15) is 0 Å². The molecule has 10 rings (SSSR count). The van der Waals surface area contributed by atoms with Gasteiger partial charge in [0.15, 0.2) is 0 Å². The minimum atomic E-state index is -0.314. The Labute approximate surface area is 262 Å². The molecule has 0 nitrogen and oxygen atoms in total. The molecule has 2 aliphatic rings. The van der Waals surface area contributed by atoms with Crippen LogP contribution in [0.5, 0.6) is 0 Å². The molecule has 0 bridgehead atoms. The Kier molecular flexibility index (Phi) is 4.76. The second-order valence-electron chi connectivity index (χ2n) is 11.7. The highest BCUT2D eigenvalue weighted by Gasteiger charge is 2.51. The molecule has 0 radical (unpaired) electrons. The molecule has 1 heterocycles. The van der Waals surface area contributed by atoms with Crippen molar-refractivity contribution in [1.82, 2.24) is 0 Å². The first-order valence-corrected chi connectivity index (χ1v) is 16.3. The van der Waals surface area contributed by atoms with Gasteiger partial charge in [0, 0.05) is 24.6 Å². The lowest BCUT2D eigenvalue weighted by molar-refractivity contribution is 0.794. The van der Waals surface area contributed by atoms with E-state index < -0.39 is 0 Å². The summed E-state index contributed by atoms with van der Waals surface area (Å²) in [6.45, 7) is 0. The fourth-order valence-corrected chi connectivity index (χ4v) is 9.55. The number of benzene rings is 7. The van der Waals surface area contributed by atoms with E-state index in [1.807, 2.05) is 11.3 Å². The summed E-state index contributed by atoms with van der Waals surface area (Å²) in [7, 11) is 0. The fraction of sp³-hybridized carbons (Fsp3) is 0.0244. The highest BCUT2D eigenvalue weighted by Crippen LogP contribution is 2.63. The van der Waals surface area contributed by atoms with Crippen molar-refractivity contribution in [3.8, 4) is 33.4 Å². The number of rotatable bonds is 1. The summed E-state index contributed by atoms with van der Waals surface area (Å²) in [5.41, 5.74) is 13.2. The average Bonchev–Trinajstić information content (AvgIpc) is 3.68.